The smallest absolute Gasteiger partial charge is 0.261 e. The van der Waals surface area contributed by atoms with E-state index in [0.717, 1.165) is 21.9 Å². The standard InChI is InChI=1S/C22H17FN4O3S/c23-13-5-7-14(8-6-13)27-20(17-11-31-12-18(17)25-27)24-19(28)9-10-26-21(29)15-3-1-2-4-16(15)22(26)30/h1-8H,9-12H2,(H,24,28). The van der Waals surface area contributed by atoms with Crippen LogP contribution < -0.4 is 5.32 Å². The first kappa shape index (κ1) is 19.5. The second kappa shape index (κ2) is 7.66. The van der Waals surface area contributed by atoms with Crippen molar-refractivity contribution in [1.29, 1.82) is 0 Å². The van der Waals surface area contributed by atoms with Gasteiger partial charge in [-0.2, -0.15) is 16.9 Å². The monoisotopic (exact) mass is 436 g/mol. The summed E-state index contributed by atoms with van der Waals surface area (Å²) in [5, 5.41) is 7.46. The van der Waals surface area contributed by atoms with Crippen molar-refractivity contribution in [2.45, 2.75) is 17.9 Å². The van der Waals surface area contributed by atoms with E-state index in [1.165, 1.54) is 12.1 Å². The van der Waals surface area contributed by atoms with Crippen LogP contribution >= 0.6 is 11.8 Å². The van der Waals surface area contributed by atoms with Crippen molar-refractivity contribution in [1.82, 2.24) is 14.7 Å². The van der Waals surface area contributed by atoms with Crippen molar-refractivity contribution < 1.29 is 18.8 Å². The highest BCUT2D eigenvalue weighted by Crippen LogP contribution is 2.36. The second-order valence-electron chi connectivity index (χ2n) is 7.26. The van der Waals surface area contributed by atoms with Gasteiger partial charge in [0.2, 0.25) is 5.91 Å². The summed E-state index contributed by atoms with van der Waals surface area (Å²) in [4.78, 5) is 38.8. The van der Waals surface area contributed by atoms with E-state index in [9.17, 15) is 18.8 Å². The Bertz CT molecular complexity index is 1190. The topological polar surface area (TPSA) is 84.3 Å². The van der Waals surface area contributed by atoms with Gasteiger partial charge in [-0.1, -0.05) is 12.1 Å². The minimum absolute atomic E-state index is 0.0141. The van der Waals surface area contributed by atoms with Crippen LogP contribution in [-0.4, -0.2) is 38.9 Å². The van der Waals surface area contributed by atoms with Crippen molar-refractivity contribution in [2.75, 3.05) is 11.9 Å². The Morgan fingerprint density at radius 2 is 1.71 bits per heavy atom. The van der Waals surface area contributed by atoms with Gasteiger partial charge in [0.25, 0.3) is 11.8 Å². The fourth-order valence-corrected chi connectivity index (χ4v) is 4.80. The number of nitrogens with zero attached hydrogens (tertiary/aromatic N) is 3. The molecule has 5 rings (SSSR count). The van der Waals surface area contributed by atoms with Gasteiger partial charge in [0, 0.05) is 30.0 Å². The summed E-state index contributed by atoms with van der Waals surface area (Å²) in [7, 11) is 0. The molecule has 0 saturated carbocycles. The molecule has 3 heterocycles. The average Bonchev–Trinajstić information content (AvgIpc) is 3.42. The molecule has 0 atom stereocenters. The summed E-state index contributed by atoms with van der Waals surface area (Å²) < 4.78 is 14.9. The first-order valence-corrected chi connectivity index (χ1v) is 10.9. The van der Waals surface area contributed by atoms with E-state index in [-0.39, 0.29) is 36.5 Å². The fourth-order valence-electron chi connectivity index (χ4n) is 3.76. The van der Waals surface area contributed by atoms with Crippen molar-refractivity contribution >= 4 is 35.3 Å². The van der Waals surface area contributed by atoms with Crippen LogP contribution in [0.3, 0.4) is 0 Å². The lowest BCUT2D eigenvalue weighted by Gasteiger charge is -2.14. The van der Waals surface area contributed by atoms with E-state index in [1.807, 2.05) is 0 Å². The second-order valence-corrected chi connectivity index (χ2v) is 8.25. The van der Waals surface area contributed by atoms with Crippen molar-refractivity contribution in [2.24, 2.45) is 0 Å². The van der Waals surface area contributed by atoms with Crippen LogP contribution in [-0.2, 0) is 16.3 Å². The van der Waals surface area contributed by atoms with Crippen molar-refractivity contribution in [3.05, 3.63) is 76.7 Å². The van der Waals surface area contributed by atoms with Crippen molar-refractivity contribution in [3.63, 3.8) is 0 Å². The van der Waals surface area contributed by atoms with Gasteiger partial charge in [0.1, 0.15) is 11.6 Å². The number of nitrogens with one attached hydrogen (secondary N) is 1. The number of thioether (sulfide) groups is 1. The summed E-state index contributed by atoms with van der Waals surface area (Å²) >= 11 is 1.70. The third kappa shape index (κ3) is 3.40. The average molecular weight is 436 g/mol. The summed E-state index contributed by atoms with van der Waals surface area (Å²) in [6, 6.07) is 12.5. The predicted octanol–water partition coefficient (Wildman–Crippen LogP) is 3.38. The number of carbonyl (C=O) groups is 3. The van der Waals surface area contributed by atoms with E-state index < -0.39 is 0 Å². The quantitative estimate of drug-likeness (QED) is 0.620. The highest BCUT2D eigenvalue weighted by atomic mass is 32.2. The summed E-state index contributed by atoms with van der Waals surface area (Å²) in [6.07, 6.45) is -0.0397. The molecule has 31 heavy (non-hydrogen) atoms. The minimum Gasteiger partial charge on any atom is -0.310 e. The number of hydrogen-bond donors (Lipinski definition) is 1. The number of benzene rings is 2. The van der Waals surface area contributed by atoms with E-state index in [0.29, 0.717) is 28.4 Å². The number of aromatic nitrogens is 2. The summed E-state index contributed by atoms with van der Waals surface area (Å²) in [5.74, 6) is 0.527. The predicted molar refractivity (Wildman–Crippen MR) is 114 cm³/mol. The molecule has 1 N–H and O–H groups in total. The molecule has 0 spiro atoms. The van der Waals surface area contributed by atoms with Gasteiger partial charge in [0.15, 0.2) is 0 Å². The maximum atomic E-state index is 13.3. The van der Waals surface area contributed by atoms with Crippen LogP contribution in [0.1, 0.15) is 38.4 Å². The first-order chi connectivity index (χ1) is 15.0. The van der Waals surface area contributed by atoms with Gasteiger partial charge in [-0.15, -0.1) is 0 Å². The van der Waals surface area contributed by atoms with Crippen LogP contribution in [0.25, 0.3) is 5.69 Å². The van der Waals surface area contributed by atoms with E-state index in [1.54, 1.807) is 52.8 Å². The molecule has 3 aromatic rings. The highest BCUT2D eigenvalue weighted by molar-refractivity contribution is 7.98. The van der Waals surface area contributed by atoms with E-state index in [4.69, 9.17) is 0 Å². The Kier molecular flexibility index (Phi) is 4.82. The van der Waals surface area contributed by atoms with Gasteiger partial charge in [-0.05, 0) is 36.4 Å². The zero-order valence-electron chi connectivity index (χ0n) is 16.3. The summed E-state index contributed by atoms with van der Waals surface area (Å²) in [6.45, 7) is -0.0141. The number of amides is 3. The molecule has 2 aliphatic heterocycles. The lowest BCUT2D eigenvalue weighted by Crippen LogP contribution is -2.33. The molecule has 3 amide bonds. The Labute approximate surface area is 181 Å². The Hall–Kier alpha value is -3.46. The molecule has 156 valence electrons. The van der Waals surface area contributed by atoms with Gasteiger partial charge in [-0.25, -0.2) is 9.07 Å². The lowest BCUT2D eigenvalue weighted by molar-refractivity contribution is -0.116. The Morgan fingerprint density at radius 1 is 1.03 bits per heavy atom. The molecule has 9 heteroatoms. The Morgan fingerprint density at radius 3 is 2.39 bits per heavy atom. The number of hydrogen-bond acceptors (Lipinski definition) is 5. The maximum absolute atomic E-state index is 13.3. The number of fused-ring (bicyclic) bond motifs is 2. The third-order valence-electron chi connectivity index (χ3n) is 5.32. The molecular weight excluding hydrogens is 419 g/mol. The van der Waals surface area contributed by atoms with Gasteiger partial charge in [0.05, 0.1) is 22.5 Å². The molecule has 0 bridgehead atoms. The molecular formula is C22H17FN4O3S. The third-order valence-corrected chi connectivity index (χ3v) is 6.29. The molecule has 0 unspecified atom stereocenters. The van der Waals surface area contributed by atoms with Crippen LogP contribution in [0.4, 0.5) is 10.2 Å². The molecule has 0 aliphatic carbocycles. The fraction of sp³-hybridized carbons (Fsp3) is 0.182. The SMILES string of the molecule is O=C(CCN1C(=O)c2ccccc2C1=O)Nc1c2c(nn1-c1ccc(F)cc1)CSC2. The number of carbonyl (C=O) groups excluding carboxylic acids is 3. The number of imide groups is 1. The molecule has 0 fully saturated rings. The van der Waals surface area contributed by atoms with Crippen LogP contribution in [0.5, 0.6) is 0 Å². The van der Waals surface area contributed by atoms with E-state index in [2.05, 4.69) is 10.4 Å². The number of rotatable bonds is 5. The highest BCUT2D eigenvalue weighted by Gasteiger charge is 2.35. The van der Waals surface area contributed by atoms with Crippen LogP contribution in [0.15, 0.2) is 48.5 Å². The number of anilines is 1. The zero-order chi connectivity index (χ0) is 21.5. The largest absolute Gasteiger partial charge is 0.310 e. The van der Waals surface area contributed by atoms with Gasteiger partial charge < -0.3 is 5.32 Å². The molecule has 7 nitrogen and oxygen atoms in total. The van der Waals surface area contributed by atoms with Gasteiger partial charge >= 0.3 is 0 Å². The maximum Gasteiger partial charge on any atom is 0.261 e. The molecule has 2 aromatic carbocycles. The van der Waals surface area contributed by atoms with E-state index >= 15 is 0 Å². The van der Waals surface area contributed by atoms with Crippen LogP contribution in [0.2, 0.25) is 0 Å². The minimum atomic E-state index is -0.387. The Balaban J connectivity index is 1.33. The zero-order valence-corrected chi connectivity index (χ0v) is 17.1. The normalized spacial score (nSPS) is 14.7. The molecule has 1 aromatic heterocycles. The summed E-state index contributed by atoms with van der Waals surface area (Å²) in [5.41, 5.74) is 3.17. The molecule has 2 aliphatic rings. The molecule has 0 radical (unpaired) electrons. The molecule has 0 saturated heterocycles. The van der Waals surface area contributed by atoms with Crippen molar-refractivity contribution in [3.8, 4) is 5.69 Å². The number of halogens is 1. The lowest BCUT2D eigenvalue weighted by atomic mass is 10.1. The first-order valence-electron chi connectivity index (χ1n) is 9.72. The van der Waals surface area contributed by atoms with Gasteiger partial charge in [-0.3, -0.25) is 19.3 Å². The van der Waals surface area contributed by atoms with Crippen LogP contribution in [0, 0.1) is 5.82 Å².